The molecule has 1 aromatic carbocycles. The number of carbonyl (C=O) groups is 1. The smallest absolute Gasteiger partial charge is 0.182 e. The van der Waals surface area contributed by atoms with Gasteiger partial charge in [-0.2, -0.15) is 0 Å². The lowest BCUT2D eigenvalue weighted by molar-refractivity contribution is 0.108. The molecule has 0 spiro atoms. The second kappa shape index (κ2) is 5.15. The molecule has 1 heterocycles. The summed E-state index contributed by atoms with van der Waals surface area (Å²) in [5.74, 6) is -0.295. The van der Waals surface area contributed by atoms with Gasteiger partial charge in [0.1, 0.15) is 5.82 Å². The summed E-state index contributed by atoms with van der Waals surface area (Å²) in [6.45, 7) is 1.83. The highest BCUT2D eigenvalue weighted by Gasteiger charge is 2.06. The Hall–Kier alpha value is -1.60. The van der Waals surface area contributed by atoms with E-state index in [4.69, 9.17) is 0 Å². The zero-order chi connectivity index (χ0) is 12.3. The molecule has 17 heavy (non-hydrogen) atoms. The molecule has 0 bridgehead atoms. The van der Waals surface area contributed by atoms with Gasteiger partial charge in [-0.15, -0.1) is 0 Å². The van der Waals surface area contributed by atoms with Crippen LogP contribution in [0.25, 0.3) is 11.1 Å². The molecule has 0 aliphatic carbocycles. The lowest BCUT2D eigenvalue weighted by Gasteiger charge is -2.03. The fraction of sp³-hybridized carbons (Fsp3) is 0.0769. The Bertz CT molecular complexity index is 557. The maximum atomic E-state index is 13.1. The average Bonchev–Trinajstić information content (AvgIpc) is 2.38. The van der Waals surface area contributed by atoms with Crippen LogP contribution >= 0.6 is 8.58 Å². The summed E-state index contributed by atoms with van der Waals surface area (Å²) in [5.41, 5.74) is 2.13. The second-order valence-corrected chi connectivity index (χ2v) is 4.51. The Morgan fingerprint density at radius 2 is 2.06 bits per heavy atom. The van der Waals surface area contributed by atoms with Gasteiger partial charge in [0.2, 0.25) is 0 Å². The van der Waals surface area contributed by atoms with Crippen LogP contribution in [0.5, 0.6) is 0 Å². The van der Waals surface area contributed by atoms with Gasteiger partial charge in [-0.3, -0.25) is 9.78 Å². The molecule has 0 radical (unpaired) electrons. The predicted octanol–water partition coefficient (Wildman–Crippen LogP) is 3.34. The molecule has 1 unspecified atom stereocenters. The topological polar surface area (TPSA) is 30.0 Å². The van der Waals surface area contributed by atoms with Gasteiger partial charge in [0.15, 0.2) is 5.52 Å². The highest BCUT2D eigenvalue weighted by atomic mass is 31.1. The molecule has 0 aliphatic rings. The predicted molar refractivity (Wildman–Crippen MR) is 68.2 cm³/mol. The van der Waals surface area contributed by atoms with Crippen molar-refractivity contribution >= 4 is 14.1 Å². The molecular weight excluding hydrogens is 236 g/mol. The number of halogens is 1. The third-order valence-electron chi connectivity index (χ3n) is 2.39. The number of nitrogens with zero attached hydrogens (tertiary/aromatic N) is 1. The van der Waals surface area contributed by atoms with E-state index < -0.39 is 0 Å². The van der Waals surface area contributed by atoms with Gasteiger partial charge in [0, 0.05) is 23.5 Å². The maximum Gasteiger partial charge on any atom is 0.182 e. The van der Waals surface area contributed by atoms with E-state index in [0.29, 0.717) is 5.56 Å². The number of carbonyl (C=O) groups excluding carboxylic acids is 1. The van der Waals surface area contributed by atoms with Crippen molar-refractivity contribution in [2.45, 2.75) is 0 Å². The van der Waals surface area contributed by atoms with Crippen molar-refractivity contribution in [3.05, 3.63) is 54.1 Å². The van der Waals surface area contributed by atoms with Crippen LogP contribution in [0.2, 0.25) is 0 Å². The van der Waals surface area contributed by atoms with Crippen LogP contribution in [0, 0.1) is 5.82 Å². The summed E-state index contributed by atoms with van der Waals surface area (Å²) in [7, 11) is 0.208. The van der Waals surface area contributed by atoms with E-state index >= 15 is 0 Å². The quantitative estimate of drug-likeness (QED) is 0.778. The minimum atomic E-state index is -0.295. The largest absolute Gasteiger partial charge is 0.289 e. The van der Waals surface area contributed by atoms with Crippen molar-refractivity contribution in [2.75, 3.05) is 6.66 Å². The number of benzene rings is 1. The number of aromatic nitrogens is 1. The molecule has 2 rings (SSSR count). The number of hydrogen-bond acceptors (Lipinski definition) is 2. The molecule has 0 fully saturated rings. The first-order valence-electron chi connectivity index (χ1n) is 5.14. The van der Waals surface area contributed by atoms with Gasteiger partial charge in [-0.25, -0.2) is 4.39 Å². The highest BCUT2D eigenvalue weighted by molar-refractivity contribution is 7.58. The molecule has 86 valence electrons. The Labute approximate surface area is 101 Å². The van der Waals surface area contributed by atoms with Crippen molar-refractivity contribution in [3.8, 4) is 11.1 Å². The van der Waals surface area contributed by atoms with Crippen LogP contribution in [0.15, 0.2) is 42.7 Å². The van der Waals surface area contributed by atoms with Crippen molar-refractivity contribution in [1.29, 1.82) is 0 Å². The summed E-state index contributed by atoms with van der Waals surface area (Å²) < 4.78 is 13.1. The van der Waals surface area contributed by atoms with E-state index in [1.54, 1.807) is 30.6 Å². The minimum absolute atomic E-state index is 0.0655. The first kappa shape index (κ1) is 11.9. The van der Waals surface area contributed by atoms with Gasteiger partial charge in [-0.1, -0.05) is 12.1 Å². The lowest BCUT2D eigenvalue weighted by atomic mass is 10.1. The molecule has 0 saturated carbocycles. The zero-order valence-corrected chi connectivity index (χ0v) is 10.3. The molecule has 4 heteroatoms. The maximum absolute atomic E-state index is 13.1. The van der Waals surface area contributed by atoms with Crippen molar-refractivity contribution in [3.63, 3.8) is 0 Å². The molecule has 0 amide bonds. The van der Waals surface area contributed by atoms with Crippen LogP contribution in [-0.2, 0) is 0 Å². The Kier molecular flexibility index (Phi) is 3.60. The Balaban J connectivity index is 2.43. The van der Waals surface area contributed by atoms with Crippen LogP contribution in [-0.4, -0.2) is 17.2 Å². The third kappa shape index (κ3) is 2.75. The van der Waals surface area contributed by atoms with E-state index in [1.165, 1.54) is 12.1 Å². The first-order valence-corrected chi connectivity index (χ1v) is 6.64. The molecule has 2 nitrogen and oxygen atoms in total. The van der Waals surface area contributed by atoms with Crippen molar-refractivity contribution in [2.24, 2.45) is 0 Å². The van der Waals surface area contributed by atoms with Gasteiger partial charge >= 0.3 is 0 Å². The van der Waals surface area contributed by atoms with Crippen molar-refractivity contribution < 1.29 is 9.18 Å². The molecule has 1 aromatic heterocycles. The van der Waals surface area contributed by atoms with E-state index in [1.807, 2.05) is 6.66 Å². The fourth-order valence-corrected chi connectivity index (χ4v) is 1.96. The molecule has 0 saturated heterocycles. The number of pyridine rings is 1. The van der Waals surface area contributed by atoms with E-state index in [0.717, 1.165) is 11.1 Å². The minimum Gasteiger partial charge on any atom is -0.289 e. The summed E-state index contributed by atoms with van der Waals surface area (Å²) in [5, 5.41) is 0. The van der Waals surface area contributed by atoms with Crippen LogP contribution in [0.3, 0.4) is 0 Å². The van der Waals surface area contributed by atoms with Crippen LogP contribution in [0.4, 0.5) is 4.39 Å². The monoisotopic (exact) mass is 247 g/mol. The molecule has 2 aromatic rings. The summed E-state index contributed by atoms with van der Waals surface area (Å²) in [6, 6.07) is 8.00. The number of hydrogen-bond donors (Lipinski definition) is 0. The molecule has 0 N–H and O–H groups in total. The van der Waals surface area contributed by atoms with E-state index in [-0.39, 0.29) is 19.9 Å². The van der Waals surface area contributed by atoms with Crippen molar-refractivity contribution in [1.82, 2.24) is 4.98 Å². The van der Waals surface area contributed by atoms with Crippen LogP contribution < -0.4 is 0 Å². The first-order chi connectivity index (χ1) is 8.20. The molecule has 1 atom stereocenters. The Morgan fingerprint density at radius 3 is 2.76 bits per heavy atom. The highest BCUT2D eigenvalue weighted by Crippen LogP contribution is 2.22. The second-order valence-electron chi connectivity index (χ2n) is 3.55. The normalized spacial score (nSPS) is 10.9. The summed E-state index contributed by atoms with van der Waals surface area (Å²) >= 11 is 0. The average molecular weight is 247 g/mol. The summed E-state index contributed by atoms with van der Waals surface area (Å²) in [4.78, 5) is 15.6. The van der Waals surface area contributed by atoms with E-state index in [9.17, 15) is 9.18 Å². The van der Waals surface area contributed by atoms with Gasteiger partial charge in [0.05, 0.1) is 0 Å². The third-order valence-corrected chi connectivity index (χ3v) is 3.13. The van der Waals surface area contributed by atoms with Gasteiger partial charge in [0.25, 0.3) is 0 Å². The van der Waals surface area contributed by atoms with Gasteiger partial charge in [-0.05, 0) is 39.0 Å². The van der Waals surface area contributed by atoms with Crippen LogP contribution in [0.1, 0.15) is 10.4 Å². The number of rotatable bonds is 3. The molecular formula is C13H11FNOP. The van der Waals surface area contributed by atoms with E-state index in [2.05, 4.69) is 4.98 Å². The standard InChI is InChI=1S/C13H11FNOP/c1-17-13(16)11-5-10(7-15-8-11)9-3-2-4-12(14)6-9/h2-8,17H,1H3. The lowest BCUT2D eigenvalue weighted by Crippen LogP contribution is -1.93. The summed E-state index contributed by atoms with van der Waals surface area (Å²) in [6.07, 6.45) is 3.17. The SMILES string of the molecule is CPC(=O)c1cncc(-c2cccc(F)c2)c1. The fourth-order valence-electron chi connectivity index (χ4n) is 1.53. The molecule has 0 aliphatic heterocycles. The van der Waals surface area contributed by atoms with Gasteiger partial charge < -0.3 is 0 Å². The Morgan fingerprint density at radius 1 is 1.24 bits per heavy atom. The zero-order valence-electron chi connectivity index (χ0n) is 9.27.